The van der Waals surface area contributed by atoms with E-state index in [9.17, 15) is 9.59 Å². The zero-order valence-corrected chi connectivity index (χ0v) is 13.5. The standard InChI is InChI=1S/C19H19N3O2/c1-2-14-6-5-7-15(12-14)21-18(23)10-11-22-13-20-17-9-4-3-8-16(17)19(22)24/h3-9,12-13H,2,10-11H2,1H3,(H,21,23). The lowest BCUT2D eigenvalue weighted by Gasteiger charge is -2.08. The summed E-state index contributed by atoms with van der Waals surface area (Å²) in [5, 5.41) is 3.43. The van der Waals surface area contributed by atoms with Gasteiger partial charge in [0.1, 0.15) is 0 Å². The Morgan fingerprint density at radius 2 is 2.00 bits per heavy atom. The van der Waals surface area contributed by atoms with Crippen molar-refractivity contribution >= 4 is 22.5 Å². The molecule has 0 saturated heterocycles. The summed E-state index contributed by atoms with van der Waals surface area (Å²) >= 11 is 0. The molecular formula is C19H19N3O2. The smallest absolute Gasteiger partial charge is 0.261 e. The monoisotopic (exact) mass is 321 g/mol. The number of para-hydroxylation sites is 1. The van der Waals surface area contributed by atoms with Crippen molar-refractivity contribution in [3.63, 3.8) is 0 Å². The number of nitrogens with zero attached hydrogens (tertiary/aromatic N) is 2. The van der Waals surface area contributed by atoms with E-state index in [0.717, 1.165) is 12.1 Å². The van der Waals surface area contributed by atoms with Crippen molar-refractivity contribution in [3.8, 4) is 0 Å². The summed E-state index contributed by atoms with van der Waals surface area (Å²) in [4.78, 5) is 28.7. The van der Waals surface area contributed by atoms with E-state index in [4.69, 9.17) is 0 Å². The number of aryl methyl sites for hydroxylation is 2. The van der Waals surface area contributed by atoms with Crippen LogP contribution >= 0.6 is 0 Å². The first-order valence-corrected chi connectivity index (χ1v) is 8.00. The van der Waals surface area contributed by atoms with Gasteiger partial charge in [0.2, 0.25) is 5.91 Å². The lowest BCUT2D eigenvalue weighted by molar-refractivity contribution is -0.116. The summed E-state index contributed by atoms with van der Waals surface area (Å²) < 4.78 is 1.48. The Balaban J connectivity index is 1.68. The molecule has 3 rings (SSSR count). The first-order valence-electron chi connectivity index (χ1n) is 8.00. The Kier molecular flexibility index (Phi) is 4.70. The Morgan fingerprint density at radius 3 is 2.83 bits per heavy atom. The molecule has 0 atom stereocenters. The third kappa shape index (κ3) is 3.51. The molecule has 1 amide bonds. The van der Waals surface area contributed by atoms with Gasteiger partial charge in [0.25, 0.3) is 5.56 Å². The van der Waals surface area contributed by atoms with Gasteiger partial charge in [-0.15, -0.1) is 0 Å². The molecule has 0 bridgehead atoms. The number of hydrogen-bond acceptors (Lipinski definition) is 3. The Hall–Kier alpha value is -2.95. The van der Waals surface area contributed by atoms with Crippen molar-refractivity contribution in [1.29, 1.82) is 0 Å². The number of benzene rings is 2. The van der Waals surface area contributed by atoms with Crippen molar-refractivity contribution in [1.82, 2.24) is 9.55 Å². The number of amides is 1. The van der Waals surface area contributed by atoms with Gasteiger partial charge in [0.05, 0.1) is 17.2 Å². The zero-order chi connectivity index (χ0) is 16.9. The number of aromatic nitrogens is 2. The van der Waals surface area contributed by atoms with Gasteiger partial charge in [-0.3, -0.25) is 14.2 Å². The highest BCUT2D eigenvalue weighted by Gasteiger charge is 2.07. The van der Waals surface area contributed by atoms with Gasteiger partial charge in [-0.25, -0.2) is 4.98 Å². The minimum Gasteiger partial charge on any atom is -0.326 e. The average Bonchev–Trinajstić information content (AvgIpc) is 2.61. The Morgan fingerprint density at radius 1 is 1.17 bits per heavy atom. The fourth-order valence-corrected chi connectivity index (χ4v) is 2.58. The maximum absolute atomic E-state index is 12.4. The van der Waals surface area contributed by atoms with Crippen LogP contribution in [0, 0.1) is 0 Å². The summed E-state index contributed by atoms with van der Waals surface area (Å²) in [5.74, 6) is -0.122. The van der Waals surface area contributed by atoms with Crippen LogP contribution in [0.25, 0.3) is 10.9 Å². The molecule has 1 aromatic heterocycles. The summed E-state index contributed by atoms with van der Waals surface area (Å²) in [6, 6.07) is 15.0. The van der Waals surface area contributed by atoms with Gasteiger partial charge in [0.15, 0.2) is 0 Å². The highest BCUT2D eigenvalue weighted by atomic mass is 16.1. The molecule has 5 heteroatoms. The van der Waals surface area contributed by atoms with Crippen LogP contribution < -0.4 is 10.9 Å². The third-order valence-electron chi connectivity index (χ3n) is 3.93. The van der Waals surface area contributed by atoms with Crippen LogP contribution in [0.5, 0.6) is 0 Å². The van der Waals surface area contributed by atoms with Crippen LogP contribution in [0.1, 0.15) is 18.9 Å². The second-order valence-corrected chi connectivity index (χ2v) is 5.61. The van der Waals surface area contributed by atoms with Crippen molar-refractivity contribution < 1.29 is 4.79 Å². The van der Waals surface area contributed by atoms with Crippen molar-refractivity contribution in [2.24, 2.45) is 0 Å². The van der Waals surface area contributed by atoms with E-state index in [1.165, 1.54) is 16.5 Å². The second kappa shape index (κ2) is 7.08. The molecule has 0 aliphatic carbocycles. The molecule has 0 aliphatic rings. The van der Waals surface area contributed by atoms with Gasteiger partial charge in [-0.05, 0) is 36.2 Å². The lowest BCUT2D eigenvalue weighted by atomic mass is 10.1. The predicted octanol–water partition coefficient (Wildman–Crippen LogP) is 2.99. The van der Waals surface area contributed by atoms with Crippen LogP contribution in [0.3, 0.4) is 0 Å². The molecular weight excluding hydrogens is 302 g/mol. The normalized spacial score (nSPS) is 10.7. The summed E-state index contributed by atoms with van der Waals surface area (Å²) in [6.45, 7) is 2.37. The highest BCUT2D eigenvalue weighted by Crippen LogP contribution is 2.11. The quantitative estimate of drug-likeness (QED) is 0.786. The van der Waals surface area contributed by atoms with E-state index in [0.29, 0.717) is 17.4 Å². The molecule has 5 nitrogen and oxygen atoms in total. The second-order valence-electron chi connectivity index (χ2n) is 5.61. The van der Waals surface area contributed by atoms with Crippen LogP contribution in [0.4, 0.5) is 5.69 Å². The minimum absolute atomic E-state index is 0.122. The van der Waals surface area contributed by atoms with Gasteiger partial charge >= 0.3 is 0 Å². The topological polar surface area (TPSA) is 64.0 Å². The average molecular weight is 321 g/mol. The fraction of sp³-hybridized carbons (Fsp3) is 0.211. The molecule has 0 spiro atoms. The number of rotatable bonds is 5. The Bertz CT molecular complexity index is 931. The molecule has 0 saturated carbocycles. The van der Waals surface area contributed by atoms with Crippen molar-refractivity contribution in [3.05, 3.63) is 70.8 Å². The van der Waals surface area contributed by atoms with E-state index in [1.807, 2.05) is 36.4 Å². The molecule has 1 heterocycles. The molecule has 122 valence electrons. The SMILES string of the molecule is CCc1cccc(NC(=O)CCn2cnc3ccccc3c2=O)c1. The molecule has 1 N–H and O–H groups in total. The predicted molar refractivity (Wildman–Crippen MR) is 95.1 cm³/mol. The molecule has 0 unspecified atom stereocenters. The van der Waals surface area contributed by atoms with E-state index in [-0.39, 0.29) is 17.9 Å². The van der Waals surface area contributed by atoms with Crippen molar-refractivity contribution in [2.45, 2.75) is 26.3 Å². The number of hydrogen-bond donors (Lipinski definition) is 1. The largest absolute Gasteiger partial charge is 0.326 e. The van der Waals surface area contributed by atoms with E-state index in [1.54, 1.807) is 12.1 Å². The van der Waals surface area contributed by atoms with Gasteiger partial charge in [0, 0.05) is 18.7 Å². The molecule has 0 radical (unpaired) electrons. The molecule has 0 fully saturated rings. The molecule has 2 aromatic carbocycles. The zero-order valence-electron chi connectivity index (χ0n) is 13.5. The third-order valence-corrected chi connectivity index (χ3v) is 3.93. The maximum Gasteiger partial charge on any atom is 0.261 e. The van der Waals surface area contributed by atoms with Gasteiger partial charge in [-0.1, -0.05) is 31.2 Å². The lowest BCUT2D eigenvalue weighted by Crippen LogP contribution is -2.23. The van der Waals surface area contributed by atoms with Gasteiger partial charge < -0.3 is 5.32 Å². The number of anilines is 1. The number of nitrogens with one attached hydrogen (secondary N) is 1. The van der Waals surface area contributed by atoms with Gasteiger partial charge in [-0.2, -0.15) is 0 Å². The first-order chi connectivity index (χ1) is 11.7. The summed E-state index contributed by atoms with van der Waals surface area (Å²) in [7, 11) is 0. The maximum atomic E-state index is 12.4. The van der Waals surface area contributed by atoms with Crippen molar-refractivity contribution in [2.75, 3.05) is 5.32 Å². The number of fused-ring (bicyclic) bond motifs is 1. The highest BCUT2D eigenvalue weighted by molar-refractivity contribution is 5.90. The molecule has 3 aromatic rings. The first kappa shape index (κ1) is 15.9. The fourth-order valence-electron chi connectivity index (χ4n) is 2.58. The van der Waals surface area contributed by atoms with Crippen LogP contribution in [0.15, 0.2) is 59.7 Å². The number of carbonyl (C=O) groups is 1. The van der Waals surface area contributed by atoms with Crippen LogP contribution in [0.2, 0.25) is 0 Å². The number of carbonyl (C=O) groups excluding carboxylic acids is 1. The van der Waals surface area contributed by atoms with E-state index >= 15 is 0 Å². The van der Waals surface area contributed by atoms with Crippen LogP contribution in [-0.4, -0.2) is 15.5 Å². The van der Waals surface area contributed by atoms with E-state index in [2.05, 4.69) is 17.2 Å². The molecule has 24 heavy (non-hydrogen) atoms. The van der Waals surface area contributed by atoms with Crippen LogP contribution in [-0.2, 0) is 17.8 Å². The van der Waals surface area contributed by atoms with E-state index < -0.39 is 0 Å². The molecule has 0 aliphatic heterocycles. The Labute approximate surface area is 140 Å². The summed E-state index contributed by atoms with van der Waals surface area (Å²) in [5.41, 5.74) is 2.49. The minimum atomic E-state index is -0.124. The summed E-state index contributed by atoms with van der Waals surface area (Å²) in [6.07, 6.45) is 2.63.